The summed E-state index contributed by atoms with van der Waals surface area (Å²) in [5, 5.41) is 4.19. The molecule has 0 radical (unpaired) electrons. The van der Waals surface area contributed by atoms with E-state index in [1.165, 1.54) is 16.3 Å². The maximum absolute atomic E-state index is 12.7. The molecule has 0 saturated carbocycles. The Hall–Kier alpha value is -2.31. The standard InChI is InChI=1S/C20H20ClN3O2S/c1-4-17(18(25)22-13-10-9-12(2)15(21)11-13)27-20-23-16-8-6-5-7-14(16)19(26)24(20)3/h5-11,17H,4H2,1-3H3,(H,22,25). The molecule has 5 nitrogen and oxygen atoms in total. The van der Waals surface area contributed by atoms with E-state index in [1.54, 1.807) is 25.2 Å². The van der Waals surface area contributed by atoms with Crippen LogP contribution in [0.3, 0.4) is 0 Å². The van der Waals surface area contributed by atoms with Crippen LogP contribution in [0.5, 0.6) is 0 Å². The molecule has 0 aliphatic carbocycles. The average Bonchev–Trinajstić information content (AvgIpc) is 2.66. The largest absolute Gasteiger partial charge is 0.325 e. The van der Waals surface area contributed by atoms with Crippen LogP contribution in [0.25, 0.3) is 10.9 Å². The summed E-state index contributed by atoms with van der Waals surface area (Å²) in [6.07, 6.45) is 0.596. The van der Waals surface area contributed by atoms with Crippen LogP contribution < -0.4 is 10.9 Å². The number of benzene rings is 2. The van der Waals surface area contributed by atoms with E-state index in [-0.39, 0.29) is 16.7 Å². The SMILES string of the molecule is CCC(Sc1nc2ccccc2c(=O)n1C)C(=O)Nc1ccc(C)c(Cl)c1. The van der Waals surface area contributed by atoms with Crippen LogP contribution in [0.1, 0.15) is 18.9 Å². The minimum atomic E-state index is -0.385. The number of anilines is 1. The van der Waals surface area contributed by atoms with E-state index in [0.717, 1.165) is 5.56 Å². The number of carbonyl (C=O) groups is 1. The van der Waals surface area contributed by atoms with E-state index in [2.05, 4.69) is 10.3 Å². The Balaban J connectivity index is 1.85. The van der Waals surface area contributed by atoms with Crippen LogP contribution in [0.2, 0.25) is 5.02 Å². The third-order valence-corrected chi connectivity index (χ3v) is 6.11. The lowest BCUT2D eigenvalue weighted by molar-refractivity contribution is -0.115. The molecule has 0 bridgehead atoms. The molecule has 1 amide bonds. The van der Waals surface area contributed by atoms with Crippen LogP contribution >= 0.6 is 23.4 Å². The molecule has 2 aromatic carbocycles. The Bertz CT molecular complexity index is 1060. The molecule has 1 aromatic heterocycles. The van der Waals surface area contributed by atoms with Gasteiger partial charge in [0.05, 0.1) is 16.2 Å². The van der Waals surface area contributed by atoms with Crippen molar-refractivity contribution in [3.63, 3.8) is 0 Å². The van der Waals surface area contributed by atoms with Gasteiger partial charge in [-0.2, -0.15) is 0 Å². The number of amides is 1. The first kappa shape index (κ1) is 19.5. The number of para-hydroxylation sites is 1. The van der Waals surface area contributed by atoms with E-state index in [0.29, 0.717) is 33.2 Å². The quantitative estimate of drug-likeness (QED) is 0.508. The summed E-state index contributed by atoms with van der Waals surface area (Å²) in [6, 6.07) is 12.6. The van der Waals surface area contributed by atoms with Crippen LogP contribution in [0.4, 0.5) is 5.69 Å². The summed E-state index contributed by atoms with van der Waals surface area (Å²) in [5.41, 5.74) is 2.11. The highest BCUT2D eigenvalue weighted by molar-refractivity contribution is 8.00. The van der Waals surface area contributed by atoms with Gasteiger partial charge in [-0.05, 0) is 43.2 Å². The van der Waals surface area contributed by atoms with Gasteiger partial charge in [0.25, 0.3) is 5.56 Å². The summed E-state index contributed by atoms with van der Waals surface area (Å²) >= 11 is 7.42. The van der Waals surface area contributed by atoms with Crippen molar-refractivity contribution in [3.05, 3.63) is 63.4 Å². The van der Waals surface area contributed by atoms with Crippen molar-refractivity contribution >= 4 is 45.9 Å². The number of rotatable bonds is 5. The van der Waals surface area contributed by atoms with Crippen LogP contribution in [-0.2, 0) is 11.8 Å². The van der Waals surface area contributed by atoms with Gasteiger partial charge in [0, 0.05) is 17.8 Å². The monoisotopic (exact) mass is 401 g/mol. The van der Waals surface area contributed by atoms with Crippen molar-refractivity contribution in [2.45, 2.75) is 30.7 Å². The van der Waals surface area contributed by atoms with Crippen molar-refractivity contribution in [3.8, 4) is 0 Å². The first-order valence-corrected chi connectivity index (χ1v) is 9.86. The van der Waals surface area contributed by atoms with E-state index in [9.17, 15) is 9.59 Å². The number of halogens is 1. The fourth-order valence-electron chi connectivity index (χ4n) is 2.65. The summed E-state index contributed by atoms with van der Waals surface area (Å²) in [6.45, 7) is 3.84. The fourth-order valence-corrected chi connectivity index (χ4v) is 3.81. The molecule has 3 aromatic rings. The third kappa shape index (κ3) is 4.17. The van der Waals surface area contributed by atoms with E-state index < -0.39 is 0 Å². The molecule has 0 fully saturated rings. The lowest BCUT2D eigenvalue weighted by atomic mass is 10.2. The van der Waals surface area contributed by atoms with E-state index in [4.69, 9.17) is 11.6 Å². The summed E-state index contributed by atoms with van der Waals surface area (Å²) in [5.74, 6) is -0.148. The molecular weight excluding hydrogens is 382 g/mol. The highest BCUT2D eigenvalue weighted by Crippen LogP contribution is 2.26. The maximum atomic E-state index is 12.7. The number of hydrogen-bond donors (Lipinski definition) is 1. The average molecular weight is 402 g/mol. The summed E-state index contributed by atoms with van der Waals surface area (Å²) < 4.78 is 1.49. The predicted molar refractivity (Wildman–Crippen MR) is 112 cm³/mol. The van der Waals surface area contributed by atoms with Crippen LogP contribution in [-0.4, -0.2) is 20.7 Å². The van der Waals surface area contributed by atoms with Gasteiger partial charge in [-0.25, -0.2) is 4.98 Å². The van der Waals surface area contributed by atoms with Gasteiger partial charge in [0.15, 0.2) is 5.16 Å². The van der Waals surface area contributed by atoms with Crippen molar-refractivity contribution in [1.29, 1.82) is 0 Å². The molecule has 140 valence electrons. The normalized spacial score (nSPS) is 12.1. The summed E-state index contributed by atoms with van der Waals surface area (Å²) in [4.78, 5) is 29.8. The highest BCUT2D eigenvalue weighted by atomic mass is 35.5. The van der Waals surface area contributed by atoms with Gasteiger partial charge in [-0.1, -0.05) is 48.5 Å². The molecule has 3 rings (SSSR count). The van der Waals surface area contributed by atoms with Gasteiger partial charge in [-0.3, -0.25) is 14.2 Å². The Labute approximate surface area is 166 Å². The van der Waals surface area contributed by atoms with Gasteiger partial charge in [-0.15, -0.1) is 0 Å². The van der Waals surface area contributed by atoms with E-state index in [1.807, 2.05) is 38.1 Å². The van der Waals surface area contributed by atoms with Crippen molar-refractivity contribution in [1.82, 2.24) is 9.55 Å². The van der Waals surface area contributed by atoms with Gasteiger partial charge in [0.2, 0.25) is 5.91 Å². The number of carbonyl (C=O) groups excluding carboxylic acids is 1. The zero-order chi connectivity index (χ0) is 19.6. The predicted octanol–water partition coefficient (Wildman–Crippen LogP) is 4.40. The first-order valence-electron chi connectivity index (χ1n) is 8.60. The maximum Gasteiger partial charge on any atom is 0.261 e. The molecule has 1 unspecified atom stereocenters. The first-order chi connectivity index (χ1) is 12.9. The molecule has 1 heterocycles. The van der Waals surface area contributed by atoms with Gasteiger partial charge in [0.1, 0.15) is 0 Å². The topological polar surface area (TPSA) is 64.0 Å². The Kier molecular flexibility index (Phi) is 5.87. The second kappa shape index (κ2) is 8.15. The number of nitrogens with zero attached hydrogens (tertiary/aromatic N) is 2. The molecular formula is C20H20ClN3O2S. The van der Waals surface area contributed by atoms with Crippen LogP contribution in [0, 0.1) is 6.92 Å². The van der Waals surface area contributed by atoms with Crippen LogP contribution in [0.15, 0.2) is 52.4 Å². The van der Waals surface area contributed by atoms with Gasteiger partial charge >= 0.3 is 0 Å². The second-order valence-electron chi connectivity index (χ2n) is 6.24. The molecule has 0 spiro atoms. The number of thioether (sulfide) groups is 1. The Morgan fingerprint density at radius 2 is 2.04 bits per heavy atom. The zero-order valence-electron chi connectivity index (χ0n) is 15.3. The number of aryl methyl sites for hydroxylation is 1. The molecule has 0 aliphatic rings. The minimum absolute atomic E-state index is 0.122. The van der Waals surface area contributed by atoms with Gasteiger partial charge < -0.3 is 5.32 Å². The highest BCUT2D eigenvalue weighted by Gasteiger charge is 2.21. The fraction of sp³-hybridized carbons (Fsp3) is 0.250. The molecule has 0 saturated heterocycles. The second-order valence-corrected chi connectivity index (χ2v) is 7.82. The lowest BCUT2D eigenvalue weighted by Gasteiger charge is -2.16. The smallest absolute Gasteiger partial charge is 0.261 e. The van der Waals surface area contributed by atoms with Crippen molar-refractivity contribution < 1.29 is 4.79 Å². The minimum Gasteiger partial charge on any atom is -0.325 e. The number of aromatic nitrogens is 2. The molecule has 1 atom stereocenters. The van der Waals surface area contributed by atoms with E-state index >= 15 is 0 Å². The van der Waals surface area contributed by atoms with Crippen molar-refractivity contribution in [2.75, 3.05) is 5.32 Å². The Morgan fingerprint density at radius 3 is 2.74 bits per heavy atom. The molecule has 7 heteroatoms. The summed E-state index contributed by atoms with van der Waals surface area (Å²) in [7, 11) is 1.68. The zero-order valence-corrected chi connectivity index (χ0v) is 16.9. The molecule has 1 N–H and O–H groups in total. The number of fused-ring (bicyclic) bond motifs is 1. The molecule has 27 heavy (non-hydrogen) atoms. The lowest BCUT2D eigenvalue weighted by Crippen LogP contribution is -2.27. The number of hydrogen-bond acceptors (Lipinski definition) is 4. The third-order valence-electron chi connectivity index (χ3n) is 4.29. The van der Waals surface area contributed by atoms with Crippen molar-refractivity contribution in [2.24, 2.45) is 7.05 Å². The Morgan fingerprint density at radius 1 is 1.30 bits per heavy atom. The number of nitrogens with one attached hydrogen (secondary N) is 1. The molecule has 0 aliphatic heterocycles.